The van der Waals surface area contributed by atoms with Crippen LogP contribution in [0.5, 0.6) is 0 Å². The summed E-state index contributed by atoms with van der Waals surface area (Å²) in [5.41, 5.74) is 4.50. The highest BCUT2D eigenvalue weighted by Crippen LogP contribution is 2.76. The molecule has 6 aliphatic rings. The van der Waals surface area contributed by atoms with Crippen LogP contribution < -0.4 is 5.32 Å². The van der Waals surface area contributed by atoms with Crippen molar-refractivity contribution in [3.63, 3.8) is 0 Å². The number of β-amino-alcohol motifs (C(OH)–C–C–N with tert-alkyl or cyclic N) is 1. The van der Waals surface area contributed by atoms with Crippen LogP contribution in [0.3, 0.4) is 0 Å². The van der Waals surface area contributed by atoms with Crippen molar-refractivity contribution in [2.75, 3.05) is 13.2 Å². The van der Waals surface area contributed by atoms with Gasteiger partial charge in [0.1, 0.15) is 0 Å². The first-order valence-corrected chi connectivity index (χ1v) is 16.4. The minimum atomic E-state index is -0.632. The molecule has 4 fully saturated rings. The Morgan fingerprint density at radius 1 is 0.897 bits per heavy atom. The molecule has 0 saturated heterocycles. The number of rotatable bonds is 5. The van der Waals surface area contributed by atoms with E-state index in [1.54, 1.807) is 5.57 Å². The van der Waals surface area contributed by atoms with Crippen molar-refractivity contribution in [3.8, 4) is 0 Å². The van der Waals surface area contributed by atoms with E-state index < -0.39 is 5.97 Å². The van der Waals surface area contributed by atoms with Crippen molar-refractivity contribution >= 4 is 5.97 Å². The van der Waals surface area contributed by atoms with Gasteiger partial charge in [-0.15, -0.1) is 0 Å². The van der Waals surface area contributed by atoms with Gasteiger partial charge < -0.3 is 15.5 Å². The SMILES string of the molecule is CC1(C)C(C2=CCC(C(=O)O)CC2)=CCC2(C)C1CCC1(C)C2CC[C@@H]2[C@H]3CCCC3(NCCO)CC[C@]21C. The van der Waals surface area contributed by atoms with Crippen molar-refractivity contribution in [2.45, 2.75) is 124 Å². The smallest absolute Gasteiger partial charge is 0.306 e. The highest BCUT2D eigenvalue weighted by Gasteiger charge is 2.69. The summed E-state index contributed by atoms with van der Waals surface area (Å²) in [4.78, 5) is 11.6. The van der Waals surface area contributed by atoms with E-state index >= 15 is 0 Å². The van der Waals surface area contributed by atoms with Gasteiger partial charge >= 0.3 is 5.97 Å². The molecule has 0 aromatic carbocycles. The first kappa shape index (κ1) is 28.0. The maximum absolute atomic E-state index is 11.6. The molecule has 0 heterocycles. The zero-order valence-electron chi connectivity index (χ0n) is 25.5. The third-order valence-electron chi connectivity index (χ3n) is 14.6. The van der Waals surface area contributed by atoms with Crippen molar-refractivity contribution in [2.24, 2.45) is 51.2 Å². The van der Waals surface area contributed by atoms with E-state index in [1.807, 2.05) is 0 Å². The van der Waals surface area contributed by atoms with Crippen LogP contribution in [0, 0.1) is 51.2 Å². The molecule has 39 heavy (non-hydrogen) atoms. The zero-order valence-corrected chi connectivity index (χ0v) is 25.5. The van der Waals surface area contributed by atoms with E-state index in [0.29, 0.717) is 28.6 Å². The number of allylic oxidation sites excluding steroid dienone is 4. The number of aliphatic hydroxyl groups is 1. The van der Waals surface area contributed by atoms with E-state index in [-0.39, 0.29) is 23.5 Å². The number of fused-ring (bicyclic) bond motifs is 7. The third-order valence-corrected chi connectivity index (χ3v) is 14.6. The Morgan fingerprint density at radius 3 is 2.38 bits per heavy atom. The van der Waals surface area contributed by atoms with Crippen molar-refractivity contribution < 1.29 is 15.0 Å². The second-order valence-electron chi connectivity index (χ2n) is 16.1. The van der Waals surface area contributed by atoms with Gasteiger partial charge in [-0.25, -0.2) is 0 Å². The fourth-order valence-electron chi connectivity index (χ4n) is 12.6. The monoisotopic (exact) mass is 537 g/mol. The van der Waals surface area contributed by atoms with Crippen LogP contribution in [0.1, 0.15) is 118 Å². The molecule has 0 aromatic rings. The van der Waals surface area contributed by atoms with Crippen molar-refractivity contribution in [1.29, 1.82) is 0 Å². The molecule has 0 spiro atoms. The largest absolute Gasteiger partial charge is 0.481 e. The van der Waals surface area contributed by atoms with Gasteiger partial charge in [-0.3, -0.25) is 4.79 Å². The van der Waals surface area contributed by atoms with Crippen LogP contribution >= 0.6 is 0 Å². The van der Waals surface area contributed by atoms with Crippen molar-refractivity contribution in [1.82, 2.24) is 5.32 Å². The van der Waals surface area contributed by atoms with Crippen LogP contribution in [0.25, 0.3) is 0 Å². The second-order valence-corrected chi connectivity index (χ2v) is 16.1. The van der Waals surface area contributed by atoms with E-state index in [1.165, 1.54) is 69.8 Å². The maximum atomic E-state index is 11.6. The molecule has 9 atom stereocenters. The maximum Gasteiger partial charge on any atom is 0.306 e. The molecule has 3 N–H and O–H groups in total. The topological polar surface area (TPSA) is 69.6 Å². The Hall–Kier alpha value is -1.13. The number of aliphatic carboxylic acids is 1. The predicted octanol–water partition coefficient (Wildman–Crippen LogP) is 7.52. The number of hydrogen-bond donors (Lipinski definition) is 3. The summed E-state index contributed by atoms with van der Waals surface area (Å²) < 4.78 is 0. The van der Waals surface area contributed by atoms with Gasteiger partial charge in [0.15, 0.2) is 0 Å². The molecule has 4 nitrogen and oxygen atoms in total. The molecular weight excluding hydrogens is 482 g/mol. The highest BCUT2D eigenvalue weighted by molar-refractivity contribution is 5.70. The van der Waals surface area contributed by atoms with Gasteiger partial charge in [-0.1, -0.05) is 53.2 Å². The summed E-state index contributed by atoms with van der Waals surface area (Å²) in [6.07, 6.45) is 20.5. The van der Waals surface area contributed by atoms with E-state index in [0.717, 1.165) is 37.1 Å². The molecule has 0 bridgehead atoms. The predicted molar refractivity (Wildman–Crippen MR) is 157 cm³/mol. The van der Waals surface area contributed by atoms with Crippen LogP contribution in [-0.2, 0) is 4.79 Å². The first-order valence-electron chi connectivity index (χ1n) is 16.4. The van der Waals surface area contributed by atoms with Crippen LogP contribution in [0.4, 0.5) is 0 Å². The quantitative estimate of drug-likeness (QED) is 0.339. The molecule has 0 aliphatic heterocycles. The van der Waals surface area contributed by atoms with Crippen molar-refractivity contribution in [3.05, 3.63) is 23.3 Å². The number of carboxylic acid groups (broad SMARTS) is 1. The Kier molecular flexibility index (Phi) is 6.78. The molecule has 0 radical (unpaired) electrons. The fraction of sp³-hybridized carbons (Fsp3) is 0.857. The standard InChI is InChI=1S/C35H55NO3/c1-31(2)25(23-8-10-24(11-9-23)30(38)39)14-17-32(3)28(31)15-18-34(5)29(32)13-12-26-27-7-6-16-35(27,36-21-22-37)20-19-33(26,34)4/h8,14,24,26-29,36-37H,6-7,9-13,15-22H2,1-5H3,(H,38,39)/t24?,26-,27-,28?,29?,32?,33-,34?,35?/m1/s1. The summed E-state index contributed by atoms with van der Waals surface area (Å²) in [6.45, 7) is 14.1. The molecule has 218 valence electrons. The lowest BCUT2D eigenvalue weighted by atomic mass is 9.33. The van der Waals surface area contributed by atoms with Crippen LogP contribution in [0.2, 0.25) is 0 Å². The Bertz CT molecular complexity index is 1060. The lowest BCUT2D eigenvalue weighted by Crippen LogP contribution is -2.67. The molecule has 0 aromatic heterocycles. The van der Waals surface area contributed by atoms with Gasteiger partial charge in [0.2, 0.25) is 0 Å². The van der Waals surface area contributed by atoms with Crippen LogP contribution in [-0.4, -0.2) is 34.9 Å². The van der Waals surface area contributed by atoms with Crippen LogP contribution in [0.15, 0.2) is 23.3 Å². The number of carbonyl (C=O) groups is 1. The molecule has 0 amide bonds. The zero-order chi connectivity index (χ0) is 27.8. The van der Waals surface area contributed by atoms with Gasteiger partial charge in [-0.2, -0.15) is 0 Å². The molecule has 4 heteroatoms. The summed E-state index contributed by atoms with van der Waals surface area (Å²) in [5.74, 6) is 2.18. The van der Waals surface area contributed by atoms with Gasteiger partial charge in [-0.05, 0) is 134 Å². The number of hydrogen-bond acceptors (Lipinski definition) is 3. The fourth-order valence-corrected chi connectivity index (χ4v) is 12.6. The number of carboxylic acids is 1. The first-order chi connectivity index (χ1) is 18.4. The second kappa shape index (κ2) is 9.45. The normalized spacial score (nSPS) is 48.6. The molecule has 6 aliphatic carbocycles. The molecule has 4 saturated carbocycles. The Morgan fingerprint density at radius 2 is 1.69 bits per heavy atom. The number of aliphatic hydroxyl groups excluding tert-OH is 1. The lowest BCUT2D eigenvalue weighted by molar-refractivity contribution is -0.218. The number of nitrogens with one attached hydrogen (secondary N) is 1. The highest BCUT2D eigenvalue weighted by atomic mass is 16.4. The molecule has 6 unspecified atom stereocenters. The lowest BCUT2D eigenvalue weighted by Gasteiger charge is -2.72. The van der Waals surface area contributed by atoms with Gasteiger partial charge in [0.05, 0.1) is 12.5 Å². The average molecular weight is 538 g/mol. The van der Waals surface area contributed by atoms with E-state index in [9.17, 15) is 15.0 Å². The van der Waals surface area contributed by atoms with E-state index in [4.69, 9.17) is 0 Å². The van der Waals surface area contributed by atoms with Gasteiger partial charge in [0.25, 0.3) is 0 Å². The summed E-state index contributed by atoms with van der Waals surface area (Å²) in [5, 5.41) is 23.0. The average Bonchev–Trinajstić information content (AvgIpc) is 3.32. The minimum Gasteiger partial charge on any atom is -0.481 e. The Labute approximate surface area is 237 Å². The minimum absolute atomic E-state index is 0.134. The van der Waals surface area contributed by atoms with Gasteiger partial charge in [0, 0.05) is 12.1 Å². The summed E-state index contributed by atoms with van der Waals surface area (Å²) in [6, 6.07) is 0. The summed E-state index contributed by atoms with van der Waals surface area (Å²) in [7, 11) is 0. The van der Waals surface area contributed by atoms with E-state index in [2.05, 4.69) is 52.1 Å². The third kappa shape index (κ3) is 3.85. The molecule has 6 rings (SSSR count). The Balaban J connectivity index is 1.30. The summed E-state index contributed by atoms with van der Waals surface area (Å²) >= 11 is 0. The molecular formula is C35H55NO3.